The third kappa shape index (κ3) is 3.90. The van der Waals surface area contributed by atoms with Crippen molar-refractivity contribution >= 4 is 41.8 Å². The lowest BCUT2D eigenvalue weighted by atomic mass is 9.84. The molecule has 1 aromatic carbocycles. The molecule has 154 valence electrons. The van der Waals surface area contributed by atoms with Crippen LogP contribution >= 0.6 is 24.8 Å². The highest BCUT2D eigenvalue weighted by atomic mass is 35.5. The minimum Gasteiger partial charge on any atom is -0.345 e. The molecule has 2 aromatic heterocycles. The van der Waals surface area contributed by atoms with Gasteiger partial charge in [-0.25, -0.2) is 4.98 Å². The van der Waals surface area contributed by atoms with Gasteiger partial charge in [0.2, 0.25) is 0 Å². The fourth-order valence-electron chi connectivity index (χ4n) is 4.31. The maximum absolute atomic E-state index is 12.9. The fourth-order valence-corrected chi connectivity index (χ4v) is 4.31. The second-order valence-electron chi connectivity index (χ2n) is 7.43. The molecule has 0 unspecified atom stereocenters. The Morgan fingerprint density at radius 2 is 2.00 bits per heavy atom. The van der Waals surface area contributed by atoms with Gasteiger partial charge in [0.15, 0.2) is 0 Å². The third-order valence-electron chi connectivity index (χ3n) is 5.61. The number of hydrogen-bond donors (Lipinski definition) is 3. The van der Waals surface area contributed by atoms with Gasteiger partial charge < -0.3 is 20.2 Å². The number of para-hydroxylation sites is 2. The first-order valence-corrected chi connectivity index (χ1v) is 9.35. The first-order valence-electron chi connectivity index (χ1n) is 9.35. The number of imidazole rings is 1. The van der Waals surface area contributed by atoms with E-state index in [1.807, 2.05) is 30.3 Å². The zero-order valence-corrected chi connectivity index (χ0v) is 17.3. The topological polar surface area (TPSA) is 91.8 Å². The van der Waals surface area contributed by atoms with Crippen LogP contribution in [-0.4, -0.2) is 33.5 Å². The first-order chi connectivity index (χ1) is 13.2. The Morgan fingerprint density at radius 1 is 1.17 bits per heavy atom. The molecule has 3 aromatic rings. The third-order valence-corrected chi connectivity index (χ3v) is 5.61. The lowest BCUT2D eigenvalue weighted by Crippen LogP contribution is -2.46. The quantitative estimate of drug-likeness (QED) is 0.587. The number of H-pyrrole nitrogens is 1. The van der Waals surface area contributed by atoms with E-state index in [4.69, 9.17) is 0 Å². The number of piperidine rings is 1. The number of amides is 1. The molecule has 2 bridgehead atoms. The highest BCUT2D eigenvalue weighted by molar-refractivity contribution is 5.93. The molecule has 2 atom stereocenters. The van der Waals surface area contributed by atoms with Crippen molar-refractivity contribution in [2.45, 2.75) is 25.4 Å². The van der Waals surface area contributed by atoms with Crippen molar-refractivity contribution in [1.29, 1.82) is 0 Å². The smallest absolute Gasteiger partial charge is 0.263 e. The van der Waals surface area contributed by atoms with Gasteiger partial charge in [-0.2, -0.15) is 0 Å². The molecule has 0 aliphatic carbocycles. The van der Waals surface area contributed by atoms with E-state index in [1.165, 1.54) is 0 Å². The molecule has 2 aliphatic rings. The van der Waals surface area contributed by atoms with E-state index >= 15 is 0 Å². The van der Waals surface area contributed by atoms with E-state index in [0.717, 1.165) is 36.2 Å². The van der Waals surface area contributed by atoms with Crippen LogP contribution in [0.25, 0.3) is 11.0 Å². The van der Waals surface area contributed by atoms with Gasteiger partial charge in [-0.05, 0) is 43.1 Å². The number of hydrogen-bond acceptors (Lipinski definition) is 4. The average molecular weight is 436 g/mol. The Morgan fingerprint density at radius 3 is 2.83 bits per heavy atom. The van der Waals surface area contributed by atoms with Crippen LogP contribution < -0.4 is 16.2 Å². The number of nitrogens with one attached hydrogen (secondary N) is 3. The highest BCUT2D eigenvalue weighted by Crippen LogP contribution is 2.31. The van der Waals surface area contributed by atoms with Crippen molar-refractivity contribution in [2.24, 2.45) is 5.92 Å². The summed E-state index contributed by atoms with van der Waals surface area (Å²) in [7, 11) is 0. The molecule has 1 amide bonds. The van der Waals surface area contributed by atoms with Gasteiger partial charge in [-0.3, -0.25) is 9.59 Å². The summed E-state index contributed by atoms with van der Waals surface area (Å²) < 4.78 is 1.80. The van der Waals surface area contributed by atoms with Crippen molar-refractivity contribution in [2.75, 3.05) is 13.1 Å². The molecule has 29 heavy (non-hydrogen) atoms. The van der Waals surface area contributed by atoms with E-state index < -0.39 is 0 Å². The summed E-state index contributed by atoms with van der Waals surface area (Å²) in [5.74, 6) is 1.13. The first kappa shape index (κ1) is 21.4. The number of rotatable bonds is 3. The molecule has 7 nitrogen and oxygen atoms in total. The molecule has 0 spiro atoms. The average Bonchev–Trinajstić information content (AvgIpc) is 3.10. The number of fused-ring (bicyclic) bond motifs is 5. The number of halogens is 2. The lowest BCUT2D eigenvalue weighted by Gasteiger charge is -2.37. The van der Waals surface area contributed by atoms with Crippen LogP contribution in [0.15, 0.2) is 41.2 Å². The van der Waals surface area contributed by atoms with Crippen molar-refractivity contribution in [1.82, 2.24) is 25.2 Å². The second-order valence-corrected chi connectivity index (χ2v) is 7.43. The molecule has 5 rings (SSSR count). The summed E-state index contributed by atoms with van der Waals surface area (Å²) in [4.78, 5) is 33.1. The number of carbonyl (C=O) groups excluding carboxylic acids is 1. The van der Waals surface area contributed by atoms with Gasteiger partial charge in [0.25, 0.3) is 11.5 Å². The molecule has 0 radical (unpaired) electrons. The van der Waals surface area contributed by atoms with E-state index in [2.05, 4.69) is 20.6 Å². The van der Waals surface area contributed by atoms with Crippen LogP contribution in [0.3, 0.4) is 0 Å². The zero-order chi connectivity index (χ0) is 18.4. The van der Waals surface area contributed by atoms with Gasteiger partial charge in [0.1, 0.15) is 11.4 Å². The number of pyridine rings is 1. The van der Waals surface area contributed by atoms with Gasteiger partial charge in [-0.15, -0.1) is 24.8 Å². The van der Waals surface area contributed by atoms with Crippen molar-refractivity contribution in [3.63, 3.8) is 0 Å². The molecular formula is C20H23Cl2N5O2. The van der Waals surface area contributed by atoms with Crippen LogP contribution in [0.4, 0.5) is 0 Å². The van der Waals surface area contributed by atoms with Gasteiger partial charge in [0.05, 0.1) is 17.6 Å². The maximum Gasteiger partial charge on any atom is 0.263 e. The maximum atomic E-state index is 12.9. The molecular weight excluding hydrogens is 413 g/mol. The summed E-state index contributed by atoms with van der Waals surface area (Å²) in [6, 6.07) is 11.3. The molecule has 1 fully saturated rings. The van der Waals surface area contributed by atoms with Gasteiger partial charge in [0, 0.05) is 24.7 Å². The second kappa shape index (κ2) is 8.57. The molecule has 4 heterocycles. The van der Waals surface area contributed by atoms with Crippen LogP contribution in [-0.2, 0) is 13.1 Å². The Hall–Kier alpha value is -2.35. The summed E-state index contributed by atoms with van der Waals surface area (Å²) >= 11 is 0. The normalized spacial score (nSPS) is 19.6. The Labute approximate surface area is 180 Å². The zero-order valence-electron chi connectivity index (χ0n) is 15.7. The molecule has 9 heteroatoms. The Balaban J connectivity index is 0.00000120. The Bertz CT molecular complexity index is 1060. The van der Waals surface area contributed by atoms with E-state index in [9.17, 15) is 9.59 Å². The number of aromatic amines is 1. The number of nitrogens with zero attached hydrogens (tertiary/aromatic N) is 2. The predicted octanol–water partition coefficient (Wildman–Crippen LogP) is 2.20. The monoisotopic (exact) mass is 435 g/mol. The van der Waals surface area contributed by atoms with E-state index in [0.29, 0.717) is 24.2 Å². The van der Waals surface area contributed by atoms with Crippen LogP contribution in [0, 0.1) is 5.92 Å². The van der Waals surface area contributed by atoms with Crippen LogP contribution in [0.5, 0.6) is 0 Å². The highest BCUT2D eigenvalue weighted by Gasteiger charge is 2.31. The van der Waals surface area contributed by atoms with Crippen LogP contribution in [0.1, 0.15) is 34.2 Å². The molecule has 2 aliphatic heterocycles. The number of benzene rings is 1. The predicted molar refractivity (Wildman–Crippen MR) is 116 cm³/mol. The van der Waals surface area contributed by atoms with Crippen molar-refractivity contribution in [3.05, 3.63) is 63.8 Å². The summed E-state index contributed by atoms with van der Waals surface area (Å²) in [6.07, 6.45) is 1.12. The molecule has 1 saturated heterocycles. The van der Waals surface area contributed by atoms with Crippen molar-refractivity contribution < 1.29 is 4.79 Å². The minimum atomic E-state index is -0.357. The summed E-state index contributed by atoms with van der Waals surface area (Å²) in [5, 5.41) is 6.24. The van der Waals surface area contributed by atoms with Gasteiger partial charge in [-0.1, -0.05) is 12.1 Å². The van der Waals surface area contributed by atoms with Crippen molar-refractivity contribution in [3.8, 4) is 0 Å². The Kier molecular flexibility index (Phi) is 6.31. The SMILES string of the molecule is Cl.Cl.O=C(NCc1nc2ccccc2[nH]1)c1ccc2n(c1=O)C[C@@H]1CNC[C@H]2C1. The standard InChI is InChI=1S/C20H21N5O2.2ClH/c26-19(22-10-18-23-15-3-1-2-4-16(15)24-18)14-5-6-17-13-7-12(8-21-9-13)11-25(17)20(14)27;;/h1-6,12-13,21H,7-11H2,(H,22,26)(H,23,24);2*1H/t12-,13+;;/m0../s1. The van der Waals surface area contributed by atoms with Gasteiger partial charge >= 0.3 is 0 Å². The van der Waals surface area contributed by atoms with E-state index in [1.54, 1.807) is 10.6 Å². The summed E-state index contributed by atoms with van der Waals surface area (Å²) in [5.41, 5.74) is 2.83. The largest absolute Gasteiger partial charge is 0.345 e. The molecule has 3 N–H and O–H groups in total. The number of carbonyl (C=O) groups is 1. The lowest BCUT2D eigenvalue weighted by molar-refractivity contribution is 0.0947. The summed E-state index contributed by atoms with van der Waals surface area (Å²) in [6.45, 7) is 2.77. The van der Waals surface area contributed by atoms with Crippen LogP contribution in [0.2, 0.25) is 0 Å². The number of aromatic nitrogens is 3. The minimum absolute atomic E-state index is 0. The fraction of sp³-hybridized carbons (Fsp3) is 0.350. The van der Waals surface area contributed by atoms with E-state index in [-0.39, 0.29) is 48.4 Å². The molecule has 0 saturated carbocycles.